The molecule has 2 fully saturated rings. The van der Waals surface area contributed by atoms with Crippen LogP contribution in [-0.2, 0) is 13.5 Å². The first-order chi connectivity index (χ1) is 25.7. The van der Waals surface area contributed by atoms with Gasteiger partial charge in [0.05, 0.1) is 52.3 Å². The number of β-amino-alcohol motifs (C(OH)–C–C–N with tert-alkyl or cyclic N) is 1. The topological polar surface area (TPSA) is 129 Å². The van der Waals surface area contributed by atoms with Gasteiger partial charge in [0.25, 0.3) is 5.56 Å². The van der Waals surface area contributed by atoms with Gasteiger partial charge in [0, 0.05) is 79.7 Å². The monoisotopic (exact) mass is 754 g/mol. The molecule has 2 N–H and O–H groups in total. The first-order valence-electron chi connectivity index (χ1n) is 17.8. The van der Waals surface area contributed by atoms with E-state index in [1.54, 1.807) is 37.5 Å². The molecule has 14 heteroatoms. The fourth-order valence-electron chi connectivity index (χ4n) is 8.56. The number of aliphatic hydroxyl groups is 1. The average molecular weight is 756 g/mol. The van der Waals surface area contributed by atoms with E-state index in [0.29, 0.717) is 69.1 Å². The van der Waals surface area contributed by atoms with Crippen LogP contribution in [0.5, 0.6) is 5.88 Å². The number of aliphatic hydroxyl groups excluding tert-OH is 1. The number of hydrogen-bond acceptors (Lipinski definition) is 9. The molecule has 2 aromatic carbocycles. The number of pyridine rings is 2. The minimum absolute atomic E-state index is 0.00850. The maximum Gasteiger partial charge on any atom is 0.320 e. The lowest BCUT2D eigenvalue weighted by molar-refractivity contribution is 0.148. The number of methoxy groups -OCH3 is 1. The van der Waals surface area contributed by atoms with Crippen molar-refractivity contribution in [2.75, 3.05) is 51.8 Å². The third-order valence-corrected chi connectivity index (χ3v) is 11.9. The summed E-state index contributed by atoms with van der Waals surface area (Å²) in [5.41, 5.74) is 5.19. The number of urea groups is 1. The summed E-state index contributed by atoms with van der Waals surface area (Å²) in [7, 11) is 3.25. The van der Waals surface area contributed by atoms with Crippen LogP contribution in [0.1, 0.15) is 36.9 Å². The first-order valence-corrected chi connectivity index (χ1v) is 18.6. The summed E-state index contributed by atoms with van der Waals surface area (Å²) in [4.78, 5) is 41.9. The zero-order chi connectivity index (χ0) is 37.0. The van der Waals surface area contributed by atoms with Gasteiger partial charge < -0.3 is 25.0 Å². The van der Waals surface area contributed by atoms with E-state index >= 15 is 0 Å². The number of rotatable bonds is 9. The molecule has 0 radical (unpaired) electrons. The summed E-state index contributed by atoms with van der Waals surface area (Å²) in [6.45, 7) is 5.22. The molecule has 8 rings (SSSR count). The Morgan fingerprint density at radius 1 is 1.06 bits per heavy atom. The van der Waals surface area contributed by atoms with Gasteiger partial charge in [0.1, 0.15) is 5.82 Å². The number of likely N-dealkylation sites (tertiary alicyclic amines) is 1. The molecule has 0 saturated carbocycles. The third kappa shape index (κ3) is 5.88. The highest BCUT2D eigenvalue weighted by Gasteiger charge is 2.53. The van der Waals surface area contributed by atoms with Crippen LogP contribution in [0.25, 0.3) is 33.2 Å². The van der Waals surface area contributed by atoms with Crippen molar-refractivity contribution in [3.63, 3.8) is 0 Å². The number of benzene rings is 2. The van der Waals surface area contributed by atoms with Crippen molar-refractivity contribution in [2.45, 2.75) is 37.8 Å². The highest BCUT2D eigenvalue weighted by atomic mass is 35.5. The number of ether oxygens (including phenoxy) is 1. The summed E-state index contributed by atoms with van der Waals surface area (Å²) in [5.74, 6) is 0.955. The largest absolute Gasteiger partial charge is 0.481 e. The van der Waals surface area contributed by atoms with E-state index in [0.717, 1.165) is 49.0 Å². The van der Waals surface area contributed by atoms with E-state index < -0.39 is 0 Å². The molecule has 2 amide bonds. The number of likely N-dealkylation sites (N-methyl/N-ethyl adjacent to an activating group) is 1. The van der Waals surface area contributed by atoms with Gasteiger partial charge in [-0.05, 0) is 49.9 Å². The normalized spacial score (nSPS) is 19.9. The summed E-state index contributed by atoms with van der Waals surface area (Å²) in [6, 6.07) is 15.4. The maximum atomic E-state index is 13.2. The number of anilines is 2. The molecule has 3 aliphatic rings. The van der Waals surface area contributed by atoms with Gasteiger partial charge in [-0.1, -0.05) is 53.5 Å². The van der Waals surface area contributed by atoms with Crippen LogP contribution in [0.15, 0.2) is 65.7 Å². The van der Waals surface area contributed by atoms with Crippen molar-refractivity contribution >= 4 is 51.5 Å². The first kappa shape index (κ1) is 35.3. The van der Waals surface area contributed by atoms with Crippen molar-refractivity contribution in [1.29, 1.82) is 0 Å². The van der Waals surface area contributed by atoms with Gasteiger partial charge in [0.2, 0.25) is 5.88 Å². The molecule has 12 nitrogen and oxygen atoms in total. The summed E-state index contributed by atoms with van der Waals surface area (Å²) in [6.07, 6.45) is 5.91. The molecule has 53 heavy (non-hydrogen) atoms. The number of aromatic nitrogens is 4. The molecule has 5 heterocycles. The molecule has 1 aliphatic carbocycles. The Labute approximate surface area is 316 Å². The molecule has 2 atom stereocenters. The number of nitrogens with one attached hydrogen (secondary N) is 1. The van der Waals surface area contributed by atoms with Crippen molar-refractivity contribution in [3.8, 4) is 28.3 Å². The second-order valence-corrected chi connectivity index (χ2v) is 14.7. The molecular formula is C39H40Cl2N8O4. The second kappa shape index (κ2) is 13.9. The van der Waals surface area contributed by atoms with Crippen LogP contribution in [0.4, 0.5) is 16.3 Å². The van der Waals surface area contributed by atoms with Crippen molar-refractivity contribution in [2.24, 2.45) is 7.05 Å². The van der Waals surface area contributed by atoms with Gasteiger partial charge in [-0.3, -0.25) is 9.69 Å². The molecule has 5 aromatic rings. The number of nitrogens with zero attached hydrogens (tertiary/aromatic N) is 7. The van der Waals surface area contributed by atoms with Crippen molar-refractivity contribution in [1.82, 2.24) is 34.4 Å². The van der Waals surface area contributed by atoms with E-state index in [4.69, 9.17) is 32.9 Å². The highest BCUT2D eigenvalue weighted by Crippen LogP contribution is 2.48. The molecule has 2 unspecified atom stereocenters. The van der Waals surface area contributed by atoms with E-state index in [2.05, 4.69) is 26.4 Å². The number of carbonyl (C=O) groups is 1. The van der Waals surface area contributed by atoms with E-state index in [1.165, 1.54) is 10.2 Å². The quantitative estimate of drug-likeness (QED) is 0.178. The zero-order valence-electron chi connectivity index (χ0n) is 29.8. The predicted molar refractivity (Wildman–Crippen MR) is 206 cm³/mol. The molecule has 0 bridgehead atoms. The summed E-state index contributed by atoms with van der Waals surface area (Å²) >= 11 is 14.3. The van der Waals surface area contributed by atoms with Crippen LogP contribution in [0.3, 0.4) is 0 Å². The average Bonchev–Trinajstić information content (AvgIpc) is 3.85. The number of amides is 2. The molecule has 2 aliphatic heterocycles. The zero-order valence-corrected chi connectivity index (χ0v) is 31.3. The molecule has 274 valence electrons. The lowest BCUT2D eigenvalue weighted by Gasteiger charge is -2.34. The van der Waals surface area contributed by atoms with Crippen LogP contribution in [-0.4, -0.2) is 97.6 Å². The lowest BCUT2D eigenvalue weighted by atomic mass is 9.97. The molecule has 2 saturated heterocycles. The number of halogens is 2. The Kier molecular flexibility index (Phi) is 9.26. The number of fused-ring (bicyclic) bond motifs is 2. The van der Waals surface area contributed by atoms with Gasteiger partial charge >= 0.3 is 6.03 Å². The van der Waals surface area contributed by atoms with E-state index in [1.807, 2.05) is 48.2 Å². The summed E-state index contributed by atoms with van der Waals surface area (Å²) < 4.78 is 7.26. The number of aryl methyl sites for hydroxylation is 2. The minimum Gasteiger partial charge on any atom is -0.481 e. The smallest absolute Gasteiger partial charge is 0.320 e. The minimum atomic E-state index is -0.271. The highest BCUT2D eigenvalue weighted by molar-refractivity contribution is 6.39. The standard InChI is InChI=1S/C39H40Cl2N8O4/c1-4-49-38(52)48(17-18-50)22-39(49)14-16-47(21-39)30-12-11-23-19-29(45-36(53-3)31(23)30)27-9-5-7-25(33(27)40)26-8-6-10-28(34(26)41)44-35-32-24(13-15-42-35)20-43-46(2)37(32)51/h5-10,13,15,19-20,30,50H,4,11-12,14,16-18,21-22H2,1-3H3,(H,42,44). The lowest BCUT2D eigenvalue weighted by Crippen LogP contribution is -2.49. The molecular weight excluding hydrogens is 715 g/mol. The fraction of sp³-hybridized carbons (Fsp3) is 0.359. The maximum absolute atomic E-state index is 13.2. The predicted octanol–water partition coefficient (Wildman–Crippen LogP) is 6.30. The molecule has 1 spiro atoms. The second-order valence-electron chi connectivity index (χ2n) is 13.9. The Morgan fingerprint density at radius 2 is 1.83 bits per heavy atom. The van der Waals surface area contributed by atoms with Crippen LogP contribution >= 0.6 is 23.2 Å². The Balaban J connectivity index is 1.10. The van der Waals surface area contributed by atoms with E-state index in [9.17, 15) is 14.7 Å². The Hall–Kier alpha value is -4.75. The Morgan fingerprint density at radius 3 is 2.60 bits per heavy atom. The van der Waals surface area contributed by atoms with Gasteiger partial charge in [-0.15, -0.1) is 0 Å². The van der Waals surface area contributed by atoms with Crippen LogP contribution in [0.2, 0.25) is 10.0 Å². The van der Waals surface area contributed by atoms with Crippen LogP contribution in [0, 0.1) is 0 Å². The van der Waals surface area contributed by atoms with Crippen LogP contribution < -0.4 is 15.6 Å². The van der Waals surface area contributed by atoms with E-state index in [-0.39, 0.29) is 29.8 Å². The Bertz CT molecular complexity index is 2320. The third-order valence-electron chi connectivity index (χ3n) is 11.0. The van der Waals surface area contributed by atoms with Gasteiger partial charge in [0.15, 0.2) is 0 Å². The SMILES string of the molecule is CCN1C(=O)N(CCO)CC12CCN(C1CCc3cc(-c4cccc(-c5cccc(Nc6nccc7cnn(C)c(=O)c67)c5Cl)c4Cl)nc(OC)c31)C2. The van der Waals surface area contributed by atoms with Gasteiger partial charge in [-0.25, -0.2) is 19.4 Å². The molecule has 3 aromatic heterocycles. The van der Waals surface area contributed by atoms with Crippen molar-refractivity contribution in [3.05, 3.63) is 92.5 Å². The number of hydrogen-bond donors (Lipinski definition) is 2. The van der Waals surface area contributed by atoms with Crippen molar-refractivity contribution < 1.29 is 14.6 Å². The summed E-state index contributed by atoms with van der Waals surface area (Å²) in [5, 5.41) is 19.0. The fourth-order valence-corrected chi connectivity index (χ4v) is 9.16. The number of carbonyl (C=O) groups excluding carboxylic acids is 1. The van der Waals surface area contributed by atoms with Gasteiger partial charge in [-0.2, -0.15) is 5.10 Å².